The van der Waals surface area contributed by atoms with Crippen LogP contribution in [0.3, 0.4) is 0 Å². The minimum atomic E-state index is -4.60. The second kappa shape index (κ2) is 8.61. The van der Waals surface area contributed by atoms with E-state index in [-0.39, 0.29) is 24.8 Å². The molecule has 2 aromatic heterocycles. The lowest BCUT2D eigenvalue weighted by Crippen LogP contribution is -2.29. The van der Waals surface area contributed by atoms with E-state index in [2.05, 4.69) is 20.4 Å². The molecule has 1 amide bonds. The molecule has 1 aromatic carbocycles. The number of amides is 1. The van der Waals surface area contributed by atoms with Crippen molar-refractivity contribution in [2.75, 3.05) is 7.11 Å². The van der Waals surface area contributed by atoms with Crippen LogP contribution >= 0.6 is 24.8 Å². The SMILES string of the molecule is COc1cc(C(=O)N[C@@H](C)c2ncnn2-c2nccs2)cc(C(F)(F)F)c1.S. The van der Waals surface area contributed by atoms with Crippen molar-refractivity contribution in [3.8, 4) is 10.9 Å². The van der Waals surface area contributed by atoms with Gasteiger partial charge in [-0.05, 0) is 25.1 Å². The van der Waals surface area contributed by atoms with Crippen molar-refractivity contribution in [1.29, 1.82) is 0 Å². The fraction of sp³-hybridized carbons (Fsp3) is 0.250. The molecule has 28 heavy (non-hydrogen) atoms. The molecular formula is C16H16F3N5O2S2. The van der Waals surface area contributed by atoms with Crippen LogP contribution in [0.5, 0.6) is 5.75 Å². The van der Waals surface area contributed by atoms with Crippen molar-refractivity contribution in [3.05, 3.63) is 53.1 Å². The third-order valence-corrected chi connectivity index (χ3v) is 4.39. The van der Waals surface area contributed by atoms with Crippen molar-refractivity contribution >= 4 is 30.7 Å². The Kier molecular flexibility index (Phi) is 6.67. The Hall–Kier alpha value is -2.60. The van der Waals surface area contributed by atoms with Gasteiger partial charge in [0, 0.05) is 17.1 Å². The van der Waals surface area contributed by atoms with Crippen LogP contribution in [0.4, 0.5) is 13.2 Å². The molecular weight excluding hydrogens is 415 g/mol. The summed E-state index contributed by atoms with van der Waals surface area (Å²) < 4.78 is 45.4. The van der Waals surface area contributed by atoms with Gasteiger partial charge in [-0.3, -0.25) is 4.79 Å². The first kappa shape index (κ1) is 21.7. The van der Waals surface area contributed by atoms with Gasteiger partial charge in [0.15, 0.2) is 5.82 Å². The summed E-state index contributed by atoms with van der Waals surface area (Å²) in [5.41, 5.74) is -1.14. The maximum atomic E-state index is 13.0. The zero-order valence-corrected chi connectivity index (χ0v) is 16.5. The van der Waals surface area contributed by atoms with Gasteiger partial charge in [0.05, 0.1) is 18.7 Å². The Bertz CT molecular complexity index is 944. The molecule has 0 unspecified atom stereocenters. The van der Waals surface area contributed by atoms with Gasteiger partial charge >= 0.3 is 6.18 Å². The molecule has 150 valence electrons. The van der Waals surface area contributed by atoms with E-state index in [4.69, 9.17) is 4.74 Å². The molecule has 7 nitrogen and oxygen atoms in total. The number of ether oxygens (including phenoxy) is 1. The normalized spacial score (nSPS) is 12.2. The number of methoxy groups -OCH3 is 1. The fourth-order valence-corrected chi connectivity index (χ4v) is 2.98. The Labute approximate surface area is 169 Å². The molecule has 0 fully saturated rings. The summed E-state index contributed by atoms with van der Waals surface area (Å²) in [4.78, 5) is 20.7. The van der Waals surface area contributed by atoms with E-state index in [0.717, 1.165) is 12.1 Å². The highest BCUT2D eigenvalue weighted by Crippen LogP contribution is 2.32. The van der Waals surface area contributed by atoms with Crippen LogP contribution in [0, 0.1) is 0 Å². The van der Waals surface area contributed by atoms with Gasteiger partial charge in [0.25, 0.3) is 5.91 Å². The predicted molar refractivity (Wildman–Crippen MR) is 101 cm³/mol. The predicted octanol–water partition coefficient (Wildman–Crippen LogP) is 3.36. The van der Waals surface area contributed by atoms with Crippen LogP contribution in [-0.2, 0) is 6.18 Å². The van der Waals surface area contributed by atoms with E-state index in [1.54, 1.807) is 18.5 Å². The number of aromatic nitrogens is 4. The highest BCUT2D eigenvalue weighted by atomic mass is 32.1. The Balaban J connectivity index is 0.00000280. The molecule has 0 aliphatic carbocycles. The van der Waals surface area contributed by atoms with E-state index in [0.29, 0.717) is 11.0 Å². The summed E-state index contributed by atoms with van der Waals surface area (Å²) in [5.74, 6) is -0.355. The van der Waals surface area contributed by atoms with Gasteiger partial charge in [-0.1, -0.05) is 0 Å². The van der Waals surface area contributed by atoms with Crippen LogP contribution < -0.4 is 10.1 Å². The second-order valence-corrected chi connectivity index (χ2v) is 6.36. The molecule has 0 aliphatic rings. The summed E-state index contributed by atoms with van der Waals surface area (Å²) in [6.45, 7) is 1.65. The van der Waals surface area contributed by atoms with Crippen LogP contribution in [0.1, 0.15) is 34.7 Å². The summed E-state index contributed by atoms with van der Waals surface area (Å²) >= 11 is 1.33. The lowest BCUT2D eigenvalue weighted by atomic mass is 10.1. The lowest BCUT2D eigenvalue weighted by molar-refractivity contribution is -0.137. The monoisotopic (exact) mass is 431 g/mol. The van der Waals surface area contributed by atoms with E-state index < -0.39 is 23.7 Å². The van der Waals surface area contributed by atoms with E-state index in [1.165, 1.54) is 35.5 Å². The fourth-order valence-electron chi connectivity index (χ4n) is 2.37. The minimum absolute atomic E-state index is 0. The number of hydrogen-bond acceptors (Lipinski definition) is 6. The lowest BCUT2D eigenvalue weighted by Gasteiger charge is -2.15. The molecule has 0 saturated heterocycles. The maximum Gasteiger partial charge on any atom is 0.416 e. The van der Waals surface area contributed by atoms with Crippen molar-refractivity contribution < 1.29 is 22.7 Å². The first-order valence-electron chi connectivity index (χ1n) is 7.66. The van der Waals surface area contributed by atoms with Crippen molar-refractivity contribution in [2.45, 2.75) is 19.1 Å². The molecule has 0 radical (unpaired) electrons. The van der Waals surface area contributed by atoms with E-state index in [9.17, 15) is 18.0 Å². The second-order valence-electron chi connectivity index (χ2n) is 5.49. The molecule has 12 heteroatoms. The number of carbonyl (C=O) groups is 1. The quantitative estimate of drug-likeness (QED) is 0.670. The number of thiazole rings is 1. The van der Waals surface area contributed by atoms with Crippen molar-refractivity contribution in [1.82, 2.24) is 25.1 Å². The minimum Gasteiger partial charge on any atom is -0.497 e. The molecule has 0 aliphatic heterocycles. The summed E-state index contributed by atoms with van der Waals surface area (Å²) in [6.07, 6.45) is -1.68. The molecule has 2 heterocycles. The van der Waals surface area contributed by atoms with Gasteiger partial charge in [-0.25, -0.2) is 9.97 Å². The summed E-state index contributed by atoms with van der Waals surface area (Å²) in [5, 5.41) is 9.01. The molecule has 1 atom stereocenters. The Morgan fingerprint density at radius 3 is 2.64 bits per heavy atom. The zero-order chi connectivity index (χ0) is 19.6. The largest absolute Gasteiger partial charge is 0.497 e. The first-order valence-corrected chi connectivity index (χ1v) is 8.54. The third-order valence-electron chi connectivity index (χ3n) is 3.64. The van der Waals surface area contributed by atoms with Crippen LogP contribution in [0.15, 0.2) is 36.1 Å². The molecule has 0 bridgehead atoms. The van der Waals surface area contributed by atoms with Gasteiger partial charge in [-0.15, -0.1) is 11.3 Å². The number of halogens is 3. The summed E-state index contributed by atoms with van der Waals surface area (Å²) in [6, 6.07) is 2.22. The molecule has 3 rings (SSSR count). The highest BCUT2D eigenvalue weighted by Gasteiger charge is 2.32. The molecule has 0 spiro atoms. The van der Waals surface area contributed by atoms with Gasteiger partial charge in [-0.2, -0.15) is 36.4 Å². The Morgan fingerprint density at radius 2 is 2.04 bits per heavy atom. The average Bonchev–Trinajstić information content (AvgIpc) is 3.31. The number of nitrogens with zero attached hydrogens (tertiary/aromatic N) is 4. The molecule has 1 N–H and O–H groups in total. The smallest absolute Gasteiger partial charge is 0.416 e. The maximum absolute atomic E-state index is 13.0. The average molecular weight is 431 g/mol. The van der Waals surface area contributed by atoms with Crippen molar-refractivity contribution in [2.24, 2.45) is 0 Å². The van der Waals surface area contributed by atoms with Crippen molar-refractivity contribution in [3.63, 3.8) is 0 Å². The molecule has 3 aromatic rings. The van der Waals surface area contributed by atoms with E-state index in [1.807, 2.05) is 0 Å². The van der Waals surface area contributed by atoms with Gasteiger partial charge in [0.1, 0.15) is 12.1 Å². The van der Waals surface area contributed by atoms with Gasteiger partial charge in [0.2, 0.25) is 5.13 Å². The van der Waals surface area contributed by atoms with Gasteiger partial charge < -0.3 is 10.1 Å². The zero-order valence-electron chi connectivity index (χ0n) is 14.7. The number of alkyl halides is 3. The Morgan fingerprint density at radius 1 is 1.29 bits per heavy atom. The third kappa shape index (κ3) is 4.62. The number of hydrogen-bond donors (Lipinski definition) is 1. The topological polar surface area (TPSA) is 81.9 Å². The number of carbonyl (C=O) groups excluding carboxylic acids is 1. The summed E-state index contributed by atoms with van der Waals surface area (Å²) in [7, 11) is 1.23. The highest BCUT2D eigenvalue weighted by molar-refractivity contribution is 7.59. The molecule has 0 saturated carbocycles. The van der Waals surface area contributed by atoms with Crippen LogP contribution in [0.25, 0.3) is 5.13 Å². The standard InChI is InChI=1S/C16H14F3N5O2S.H2S/c1-9(13-21-8-22-24(13)15-20-3-4-27-15)23-14(25)10-5-11(16(17,18)19)7-12(6-10)26-2;/h3-9H,1-2H3,(H,23,25);1H2/t9-;/m0./s1. The number of rotatable bonds is 5. The first-order chi connectivity index (χ1) is 12.8. The van der Waals surface area contributed by atoms with Crippen LogP contribution in [-0.4, -0.2) is 32.8 Å². The number of benzene rings is 1. The van der Waals surface area contributed by atoms with E-state index >= 15 is 0 Å². The van der Waals surface area contributed by atoms with Crippen LogP contribution in [0.2, 0.25) is 0 Å². The number of nitrogens with one attached hydrogen (secondary N) is 1.